The van der Waals surface area contributed by atoms with Crippen molar-refractivity contribution >= 4 is 11.6 Å². The number of rotatable bonds is 6. The SMILES string of the molecule is Cc1cc(N(CCc2ccc(C(F)(F)F)cn2)C(=O)[C@@H](O)c2ccc(F)cc2)ccc1F. The summed E-state index contributed by atoms with van der Waals surface area (Å²) in [5, 5.41) is 10.5. The molecule has 1 N–H and O–H groups in total. The molecule has 168 valence electrons. The molecule has 1 amide bonds. The normalized spacial score (nSPS) is 12.5. The molecule has 0 spiro atoms. The number of amides is 1. The lowest BCUT2D eigenvalue weighted by molar-refractivity contribution is -0.137. The summed E-state index contributed by atoms with van der Waals surface area (Å²) in [6.07, 6.45) is -5.35. The van der Waals surface area contributed by atoms with Crippen LogP contribution in [0.4, 0.5) is 27.6 Å². The molecule has 0 radical (unpaired) electrons. The number of anilines is 1. The number of carbonyl (C=O) groups is 1. The number of aromatic nitrogens is 1. The minimum Gasteiger partial charge on any atom is -0.378 e. The fourth-order valence-electron chi connectivity index (χ4n) is 3.06. The number of benzene rings is 2. The zero-order valence-electron chi connectivity index (χ0n) is 16.9. The first-order chi connectivity index (χ1) is 15.1. The molecule has 0 bridgehead atoms. The molecule has 0 fully saturated rings. The molecule has 9 heteroatoms. The Kier molecular flexibility index (Phi) is 6.88. The minimum absolute atomic E-state index is 0.0411. The minimum atomic E-state index is -4.52. The molecule has 0 unspecified atom stereocenters. The maximum absolute atomic E-state index is 13.7. The largest absolute Gasteiger partial charge is 0.417 e. The van der Waals surface area contributed by atoms with Gasteiger partial charge in [-0.2, -0.15) is 13.2 Å². The number of pyridine rings is 1. The van der Waals surface area contributed by atoms with Gasteiger partial charge in [-0.15, -0.1) is 0 Å². The van der Waals surface area contributed by atoms with E-state index in [9.17, 15) is 31.9 Å². The highest BCUT2D eigenvalue weighted by Crippen LogP contribution is 2.29. The van der Waals surface area contributed by atoms with Crippen LogP contribution in [0.1, 0.15) is 28.5 Å². The number of halogens is 5. The molecule has 1 heterocycles. The van der Waals surface area contributed by atoms with Gasteiger partial charge in [-0.1, -0.05) is 12.1 Å². The number of aliphatic hydroxyl groups excluding tert-OH is 1. The second-order valence-corrected chi connectivity index (χ2v) is 7.16. The molecule has 32 heavy (non-hydrogen) atoms. The molecule has 1 aromatic heterocycles. The van der Waals surface area contributed by atoms with Crippen molar-refractivity contribution in [1.29, 1.82) is 0 Å². The number of aliphatic hydroxyl groups is 1. The van der Waals surface area contributed by atoms with Gasteiger partial charge in [0.2, 0.25) is 0 Å². The van der Waals surface area contributed by atoms with Crippen LogP contribution < -0.4 is 4.90 Å². The van der Waals surface area contributed by atoms with Crippen molar-refractivity contribution in [1.82, 2.24) is 4.98 Å². The van der Waals surface area contributed by atoms with E-state index in [-0.39, 0.29) is 24.1 Å². The zero-order chi connectivity index (χ0) is 23.5. The van der Waals surface area contributed by atoms with E-state index in [0.29, 0.717) is 17.6 Å². The van der Waals surface area contributed by atoms with Crippen LogP contribution in [0.5, 0.6) is 0 Å². The molecular formula is C23H19F5N2O2. The molecule has 3 aromatic rings. The van der Waals surface area contributed by atoms with Crippen LogP contribution in [0.2, 0.25) is 0 Å². The van der Waals surface area contributed by atoms with Crippen LogP contribution in [0, 0.1) is 18.6 Å². The molecule has 4 nitrogen and oxygen atoms in total. The van der Waals surface area contributed by atoms with Crippen molar-refractivity contribution in [2.24, 2.45) is 0 Å². The van der Waals surface area contributed by atoms with E-state index in [2.05, 4.69) is 4.98 Å². The Bertz CT molecular complexity index is 1080. The van der Waals surface area contributed by atoms with Gasteiger partial charge in [0, 0.05) is 30.5 Å². The second kappa shape index (κ2) is 9.44. The Balaban J connectivity index is 1.86. The van der Waals surface area contributed by atoms with Crippen molar-refractivity contribution in [2.45, 2.75) is 25.6 Å². The van der Waals surface area contributed by atoms with E-state index < -0.39 is 35.4 Å². The van der Waals surface area contributed by atoms with Gasteiger partial charge in [-0.3, -0.25) is 9.78 Å². The van der Waals surface area contributed by atoms with Crippen LogP contribution in [0.3, 0.4) is 0 Å². The number of nitrogens with zero attached hydrogens (tertiary/aromatic N) is 2. The Morgan fingerprint density at radius 1 is 1.06 bits per heavy atom. The molecule has 0 saturated heterocycles. The van der Waals surface area contributed by atoms with Gasteiger partial charge in [-0.05, 0) is 60.5 Å². The highest BCUT2D eigenvalue weighted by Gasteiger charge is 2.31. The standard InChI is InChI=1S/C23H19F5N2O2/c1-14-12-19(8-9-20(14)25)30(22(32)21(31)15-2-5-17(24)6-3-15)11-10-18-7-4-16(13-29-18)23(26,27)28/h2-9,12-13,21,31H,10-11H2,1H3/t21-/m0/s1. The topological polar surface area (TPSA) is 53.4 Å². The molecule has 0 aliphatic heterocycles. The van der Waals surface area contributed by atoms with Gasteiger partial charge in [0.15, 0.2) is 6.10 Å². The van der Waals surface area contributed by atoms with Gasteiger partial charge in [0.25, 0.3) is 5.91 Å². The first-order valence-corrected chi connectivity index (χ1v) is 9.59. The van der Waals surface area contributed by atoms with E-state index in [1.165, 1.54) is 48.2 Å². The van der Waals surface area contributed by atoms with Crippen molar-refractivity contribution in [3.63, 3.8) is 0 Å². The van der Waals surface area contributed by atoms with Crippen molar-refractivity contribution in [3.05, 3.63) is 94.8 Å². The van der Waals surface area contributed by atoms with Gasteiger partial charge < -0.3 is 10.0 Å². The maximum atomic E-state index is 13.7. The summed E-state index contributed by atoms with van der Waals surface area (Å²) < 4.78 is 65.1. The van der Waals surface area contributed by atoms with E-state index in [4.69, 9.17) is 0 Å². The summed E-state index contributed by atoms with van der Waals surface area (Å²) in [6, 6.07) is 10.8. The first-order valence-electron chi connectivity index (χ1n) is 9.59. The Morgan fingerprint density at radius 3 is 2.31 bits per heavy atom. The molecule has 0 aliphatic rings. The molecule has 3 rings (SSSR count). The molecule has 0 saturated carbocycles. The van der Waals surface area contributed by atoms with E-state index in [1.807, 2.05) is 0 Å². The fourth-order valence-corrected chi connectivity index (χ4v) is 3.06. The summed E-state index contributed by atoms with van der Waals surface area (Å²) in [5.74, 6) is -1.77. The number of aryl methyl sites for hydroxylation is 1. The summed E-state index contributed by atoms with van der Waals surface area (Å²) in [5.41, 5.74) is 0.125. The van der Waals surface area contributed by atoms with E-state index in [0.717, 1.165) is 18.2 Å². The lowest BCUT2D eigenvalue weighted by atomic mass is 10.1. The summed E-state index contributed by atoms with van der Waals surface area (Å²) in [6.45, 7) is 1.47. The average Bonchev–Trinajstić information content (AvgIpc) is 2.76. The van der Waals surface area contributed by atoms with Crippen LogP contribution in [-0.4, -0.2) is 22.5 Å². The monoisotopic (exact) mass is 450 g/mol. The highest BCUT2D eigenvalue weighted by atomic mass is 19.4. The summed E-state index contributed by atoms with van der Waals surface area (Å²) >= 11 is 0. The fraction of sp³-hybridized carbons (Fsp3) is 0.217. The molecular weight excluding hydrogens is 431 g/mol. The average molecular weight is 450 g/mol. The second-order valence-electron chi connectivity index (χ2n) is 7.16. The number of carbonyl (C=O) groups excluding carboxylic acids is 1. The lowest BCUT2D eigenvalue weighted by Crippen LogP contribution is -2.37. The van der Waals surface area contributed by atoms with E-state index in [1.54, 1.807) is 0 Å². The number of hydrogen-bond acceptors (Lipinski definition) is 3. The summed E-state index contributed by atoms with van der Waals surface area (Å²) in [4.78, 5) is 18.0. The van der Waals surface area contributed by atoms with Crippen LogP contribution >= 0.6 is 0 Å². The van der Waals surface area contributed by atoms with Crippen LogP contribution in [-0.2, 0) is 17.4 Å². The third kappa shape index (κ3) is 5.47. The maximum Gasteiger partial charge on any atom is 0.417 e. The number of alkyl halides is 3. The zero-order valence-corrected chi connectivity index (χ0v) is 16.9. The highest BCUT2D eigenvalue weighted by molar-refractivity contribution is 5.97. The van der Waals surface area contributed by atoms with Crippen LogP contribution in [0.25, 0.3) is 0 Å². The lowest BCUT2D eigenvalue weighted by Gasteiger charge is -2.26. The smallest absolute Gasteiger partial charge is 0.378 e. The third-order valence-electron chi connectivity index (χ3n) is 4.88. The van der Waals surface area contributed by atoms with Crippen molar-refractivity contribution < 1.29 is 31.9 Å². The predicted octanol–water partition coefficient (Wildman–Crippen LogP) is 5.00. The summed E-state index contributed by atoms with van der Waals surface area (Å²) in [7, 11) is 0. The Hall–Kier alpha value is -3.33. The predicted molar refractivity (Wildman–Crippen MR) is 108 cm³/mol. The van der Waals surface area contributed by atoms with E-state index >= 15 is 0 Å². The van der Waals surface area contributed by atoms with Crippen molar-refractivity contribution in [2.75, 3.05) is 11.4 Å². The third-order valence-corrected chi connectivity index (χ3v) is 4.88. The molecule has 1 atom stereocenters. The van der Waals surface area contributed by atoms with Crippen LogP contribution in [0.15, 0.2) is 60.8 Å². The molecule has 0 aliphatic carbocycles. The Labute approximate surface area is 180 Å². The van der Waals surface area contributed by atoms with Crippen molar-refractivity contribution in [3.8, 4) is 0 Å². The first kappa shape index (κ1) is 23.3. The van der Waals surface area contributed by atoms with Gasteiger partial charge >= 0.3 is 6.18 Å². The quantitative estimate of drug-likeness (QED) is 0.538. The van der Waals surface area contributed by atoms with Gasteiger partial charge in [0.1, 0.15) is 11.6 Å². The molecule has 2 aromatic carbocycles. The number of hydrogen-bond donors (Lipinski definition) is 1. The Morgan fingerprint density at radius 2 is 1.75 bits per heavy atom. The van der Waals surface area contributed by atoms with Gasteiger partial charge in [0.05, 0.1) is 5.56 Å². The van der Waals surface area contributed by atoms with Gasteiger partial charge in [-0.25, -0.2) is 8.78 Å².